The minimum absolute atomic E-state index is 0.208. The maximum absolute atomic E-state index is 13.2. The van der Waals surface area contributed by atoms with E-state index in [4.69, 9.17) is 4.74 Å². The third-order valence-electron chi connectivity index (χ3n) is 4.92. The molecule has 0 unspecified atom stereocenters. The van der Waals surface area contributed by atoms with E-state index < -0.39 is 17.0 Å². The molecule has 2 atom stereocenters. The molecule has 0 radical (unpaired) electrons. The smallest absolute Gasteiger partial charge is 0.408 e. The van der Waals surface area contributed by atoms with Gasteiger partial charge in [-0.3, -0.25) is 9.69 Å². The van der Waals surface area contributed by atoms with Gasteiger partial charge in [-0.05, 0) is 17.9 Å². The van der Waals surface area contributed by atoms with Gasteiger partial charge >= 0.3 is 6.09 Å². The zero-order valence-corrected chi connectivity index (χ0v) is 15.4. The van der Waals surface area contributed by atoms with Gasteiger partial charge in [-0.2, -0.15) is 0 Å². The monoisotopic (exact) mass is 348 g/mol. The number of nitrogens with one attached hydrogen (secondary N) is 1. The van der Waals surface area contributed by atoms with Crippen molar-refractivity contribution < 1.29 is 19.4 Å². The molecule has 1 fully saturated rings. The summed E-state index contributed by atoms with van der Waals surface area (Å²) >= 11 is 0. The summed E-state index contributed by atoms with van der Waals surface area (Å²) < 4.78 is 5.66. The molecule has 1 aliphatic rings. The maximum Gasteiger partial charge on any atom is 0.408 e. The largest absolute Gasteiger partial charge is 0.465 e. The number of hydrogen-bond acceptors (Lipinski definition) is 3. The number of carbonyl (C=O) groups excluding carboxylic acids is 1. The van der Waals surface area contributed by atoms with Crippen molar-refractivity contribution in [1.29, 1.82) is 0 Å². The number of ether oxygens (including phenoxy) is 1. The second kappa shape index (κ2) is 7.44. The molecule has 1 aliphatic heterocycles. The summed E-state index contributed by atoms with van der Waals surface area (Å²) in [6, 6.07) is 9.58. The minimum atomic E-state index is -1.16. The van der Waals surface area contributed by atoms with Crippen LogP contribution in [0.5, 0.6) is 0 Å². The van der Waals surface area contributed by atoms with Gasteiger partial charge in [-0.25, -0.2) is 4.79 Å². The highest BCUT2D eigenvalue weighted by Gasteiger charge is 2.60. The van der Waals surface area contributed by atoms with Crippen LogP contribution in [0.3, 0.4) is 0 Å². The molecule has 6 heteroatoms. The van der Waals surface area contributed by atoms with Crippen molar-refractivity contribution in [2.24, 2.45) is 5.41 Å². The molecular weight excluding hydrogens is 320 g/mol. The van der Waals surface area contributed by atoms with Crippen molar-refractivity contribution in [3.05, 3.63) is 35.9 Å². The van der Waals surface area contributed by atoms with Crippen LogP contribution in [0.1, 0.15) is 39.7 Å². The number of benzene rings is 1. The Hall–Kier alpha value is -2.08. The zero-order valence-electron chi connectivity index (χ0n) is 15.4. The molecule has 2 amide bonds. The number of amides is 2. The van der Waals surface area contributed by atoms with Crippen LogP contribution in [-0.4, -0.2) is 46.8 Å². The standard InChI is InChI=1S/C19H28N2O4/c1-5-25-15-11-19(18(2,3)4,21(13-15)17(23)24)16(22)20-12-14-9-7-6-8-10-14/h6-10,15H,5,11-13H2,1-4H3,(H,20,22)(H,23,24)/t15-,19+/m1/s1. The van der Waals surface area contributed by atoms with Crippen LogP contribution in [0.25, 0.3) is 0 Å². The second-order valence-corrected chi connectivity index (χ2v) is 7.45. The highest BCUT2D eigenvalue weighted by Crippen LogP contribution is 2.45. The first-order chi connectivity index (χ1) is 11.7. The van der Waals surface area contributed by atoms with Gasteiger partial charge < -0.3 is 15.2 Å². The molecule has 0 spiro atoms. The lowest BCUT2D eigenvalue weighted by molar-refractivity contribution is -0.138. The number of rotatable bonds is 5. The van der Waals surface area contributed by atoms with E-state index in [-0.39, 0.29) is 18.6 Å². The van der Waals surface area contributed by atoms with Crippen molar-refractivity contribution in [2.75, 3.05) is 13.2 Å². The Morgan fingerprint density at radius 1 is 1.32 bits per heavy atom. The Kier molecular flexibility index (Phi) is 5.72. The molecule has 1 aromatic carbocycles. The maximum atomic E-state index is 13.2. The summed E-state index contributed by atoms with van der Waals surface area (Å²) in [7, 11) is 0. The van der Waals surface area contributed by atoms with E-state index in [1.807, 2.05) is 58.0 Å². The average Bonchev–Trinajstić information content (AvgIpc) is 2.95. The lowest BCUT2D eigenvalue weighted by Gasteiger charge is -2.45. The fourth-order valence-corrected chi connectivity index (χ4v) is 3.64. The molecule has 2 rings (SSSR count). The predicted molar refractivity (Wildman–Crippen MR) is 95.2 cm³/mol. The van der Waals surface area contributed by atoms with Crippen LogP contribution < -0.4 is 5.32 Å². The summed E-state index contributed by atoms with van der Waals surface area (Å²) in [6.45, 7) is 8.64. The zero-order chi connectivity index (χ0) is 18.7. The third-order valence-corrected chi connectivity index (χ3v) is 4.92. The van der Waals surface area contributed by atoms with E-state index in [1.165, 1.54) is 4.90 Å². The van der Waals surface area contributed by atoms with E-state index in [2.05, 4.69) is 5.32 Å². The van der Waals surface area contributed by atoms with Gasteiger partial charge in [0.1, 0.15) is 5.54 Å². The first-order valence-corrected chi connectivity index (χ1v) is 8.66. The second-order valence-electron chi connectivity index (χ2n) is 7.45. The van der Waals surface area contributed by atoms with Crippen molar-refractivity contribution >= 4 is 12.0 Å². The predicted octanol–water partition coefficient (Wildman–Crippen LogP) is 2.88. The molecule has 138 valence electrons. The summed E-state index contributed by atoms with van der Waals surface area (Å²) in [5, 5.41) is 12.7. The summed E-state index contributed by atoms with van der Waals surface area (Å²) in [6.07, 6.45) is -1.01. The van der Waals surface area contributed by atoms with Gasteiger partial charge in [0.05, 0.1) is 12.6 Å². The fraction of sp³-hybridized carbons (Fsp3) is 0.579. The molecule has 25 heavy (non-hydrogen) atoms. The summed E-state index contributed by atoms with van der Waals surface area (Å²) in [4.78, 5) is 26.3. The minimum Gasteiger partial charge on any atom is -0.465 e. The Balaban J connectivity index is 2.29. The molecule has 2 N–H and O–H groups in total. The highest BCUT2D eigenvalue weighted by atomic mass is 16.5. The van der Waals surface area contributed by atoms with Crippen molar-refractivity contribution in [2.45, 2.75) is 52.3 Å². The van der Waals surface area contributed by atoms with Gasteiger partial charge in [0, 0.05) is 19.6 Å². The lowest BCUT2D eigenvalue weighted by atomic mass is 9.70. The van der Waals surface area contributed by atoms with Crippen LogP contribution in [0.15, 0.2) is 30.3 Å². The molecule has 0 aromatic heterocycles. The number of likely N-dealkylation sites (tertiary alicyclic amines) is 1. The van der Waals surface area contributed by atoms with Gasteiger partial charge in [-0.15, -0.1) is 0 Å². The molecule has 1 saturated heterocycles. The Bertz CT molecular complexity index is 612. The molecule has 6 nitrogen and oxygen atoms in total. The van der Waals surface area contributed by atoms with Crippen molar-refractivity contribution in [3.8, 4) is 0 Å². The lowest BCUT2D eigenvalue weighted by Crippen LogP contribution is -2.63. The van der Waals surface area contributed by atoms with Gasteiger partial charge in [0.25, 0.3) is 0 Å². The molecule has 1 aromatic rings. The number of hydrogen-bond donors (Lipinski definition) is 2. The van der Waals surface area contributed by atoms with Crippen LogP contribution >= 0.6 is 0 Å². The first kappa shape index (κ1) is 19.2. The van der Waals surface area contributed by atoms with Crippen molar-refractivity contribution in [3.63, 3.8) is 0 Å². The van der Waals surface area contributed by atoms with Crippen LogP contribution in [0.4, 0.5) is 4.79 Å². The van der Waals surface area contributed by atoms with Gasteiger partial charge in [-0.1, -0.05) is 51.1 Å². The molecule has 0 saturated carbocycles. The van der Waals surface area contributed by atoms with E-state index >= 15 is 0 Å². The van der Waals surface area contributed by atoms with E-state index in [1.54, 1.807) is 0 Å². The van der Waals surface area contributed by atoms with E-state index in [9.17, 15) is 14.7 Å². The van der Waals surface area contributed by atoms with Crippen molar-refractivity contribution in [1.82, 2.24) is 10.2 Å². The quantitative estimate of drug-likeness (QED) is 0.857. The fourth-order valence-electron chi connectivity index (χ4n) is 3.64. The van der Waals surface area contributed by atoms with Gasteiger partial charge in [0.2, 0.25) is 5.91 Å². The average molecular weight is 348 g/mol. The number of carbonyl (C=O) groups is 2. The van der Waals surface area contributed by atoms with Gasteiger partial charge in [0.15, 0.2) is 0 Å². The normalized spacial score (nSPS) is 23.5. The topological polar surface area (TPSA) is 78.9 Å². The van der Waals surface area contributed by atoms with E-state index in [0.717, 1.165) is 5.56 Å². The van der Waals surface area contributed by atoms with Crippen LogP contribution in [-0.2, 0) is 16.1 Å². The van der Waals surface area contributed by atoms with E-state index in [0.29, 0.717) is 19.6 Å². The summed E-state index contributed by atoms with van der Waals surface area (Å²) in [5.41, 5.74) is -0.757. The van der Waals surface area contributed by atoms with Crippen LogP contribution in [0, 0.1) is 5.41 Å². The number of nitrogens with zero attached hydrogens (tertiary/aromatic N) is 1. The molecular formula is C19H28N2O4. The highest BCUT2D eigenvalue weighted by molar-refractivity contribution is 5.91. The summed E-state index contributed by atoms with van der Waals surface area (Å²) in [5.74, 6) is -0.270. The molecule has 0 aliphatic carbocycles. The third kappa shape index (κ3) is 3.79. The first-order valence-electron chi connectivity index (χ1n) is 8.66. The molecule has 1 heterocycles. The Labute approximate surface area is 149 Å². The SMILES string of the molecule is CCO[C@H]1CN(C(=O)O)[C@@](C(=O)NCc2ccccc2)(C(C)(C)C)C1. The number of carboxylic acid groups (broad SMARTS) is 1. The molecule has 0 bridgehead atoms. The Morgan fingerprint density at radius 3 is 2.48 bits per heavy atom. The Morgan fingerprint density at radius 2 is 1.96 bits per heavy atom. The van der Waals surface area contributed by atoms with Crippen LogP contribution in [0.2, 0.25) is 0 Å².